The Balaban J connectivity index is 3.05. The second-order valence-corrected chi connectivity index (χ2v) is 2.94. The van der Waals surface area contributed by atoms with E-state index >= 15 is 0 Å². The molecule has 0 fully saturated rings. The normalized spacial score (nSPS) is 22.0. The van der Waals surface area contributed by atoms with Gasteiger partial charge in [-0.05, 0) is 24.6 Å². The summed E-state index contributed by atoms with van der Waals surface area (Å²) in [6.07, 6.45) is 3.11. The lowest BCUT2D eigenvalue weighted by Crippen LogP contribution is -2.20. The van der Waals surface area contributed by atoms with Gasteiger partial charge in [-0.1, -0.05) is 6.58 Å². The highest BCUT2D eigenvalue weighted by Crippen LogP contribution is 2.27. The SMILES string of the molecule is C=C1C=C(O)C(C(C)=O)C(OC)=C1. The van der Waals surface area contributed by atoms with Crippen molar-refractivity contribution in [1.29, 1.82) is 0 Å². The summed E-state index contributed by atoms with van der Waals surface area (Å²) >= 11 is 0. The van der Waals surface area contributed by atoms with E-state index in [0.717, 1.165) is 0 Å². The summed E-state index contributed by atoms with van der Waals surface area (Å²) in [5, 5.41) is 9.47. The maximum Gasteiger partial charge on any atom is 0.148 e. The average molecular weight is 180 g/mol. The van der Waals surface area contributed by atoms with Crippen LogP contribution in [-0.2, 0) is 9.53 Å². The molecule has 70 valence electrons. The molecule has 0 aromatic rings. The molecule has 13 heavy (non-hydrogen) atoms. The van der Waals surface area contributed by atoms with Crippen LogP contribution in [0.4, 0.5) is 0 Å². The lowest BCUT2D eigenvalue weighted by molar-refractivity contribution is -0.120. The second-order valence-electron chi connectivity index (χ2n) is 2.94. The third-order valence-corrected chi connectivity index (χ3v) is 1.88. The predicted octanol–water partition coefficient (Wildman–Crippen LogP) is 1.73. The van der Waals surface area contributed by atoms with Gasteiger partial charge in [0.25, 0.3) is 0 Å². The van der Waals surface area contributed by atoms with Gasteiger partial charge >= 0.3 is 0 Å². The summed E-state index contributed by atoms with van der Waals surface area (Å²) in [7, 11) is 1.47. The fourth-order valence-corrected chi connectivity index (χ4v) is 1.31. The van der Waals surface area contributed by atoms with Crippen LogP contribution in [-0.4, -0.2) is 18.0 Å². The van der Waals surface area contributed by atoms with Crippen LogP contribution in [0.5, 0.6) is 0 Å². The van der Waals surface area contributed by atoms with Crippen LogP contribution in [0.2, 0.25) is 0 Å². The second kappa shape index (κ2) is 3.47. The standard InChI is InChI=1S/C10H12O3/c1-6-4-8(12)10(7(2)11)9(5-6)13-3/h4-5,10,12H,1H2,2-3H3. The molecular formula is C10H12O3. The van der Waals surface area contributed by atoms with Crippen molar-refractivity contribution in [2.24, 2.45) is 5.92 Å². The predicted molar refractivity (Wildman–Crippen MR) is 49.1 cm³/mol. The van der Waals surface area contributed by atoms with Crippen LogP contribution < -0.4 is 0 Å². The Morgan fingerprint density at radius 3 is 2.69 bits per heavy atom. The summed E-state index contributed by atoms with van der Waals surface area (Å²) in [5.41, 5.74) is 0.631. The number of ether oxygens (including phenoxy) is 1. The molecule has 3 heteroatoms. The molecule has 0 spiro atoms. The van der Waals surface area contributed by atoms with Crippen LogP contribution in [0, 0.1) is 5.92 Å². The van der Waals surface area contributed by atoms with E-state index in [4.69, 9.17) is 4.74 Å². The zero-order valence-corrected chi connectivity index (χ0v) is 7.70. The van der Waals surface area contributed by atoms with Crippen LogP contribution in [0.3, 0.4) is 0 Å². The van der Waals surface area contributed by atoms with Gasteiger partial charge in [0.15, 0.2) is 0 Å². The van der Waals surface area contributed by atoms with Crippen molar-refractivity contribution in [2.45, 2.75) is 6.92 Å². The lowest BCUT2D eigenvalue weighted by atomic mass is 9.93. The van der Waals surface area contributed by atoms with Gasteiger partial charge in [-0.2, -0.15) is 0 Å². The molecule has 3 nitrogen and oxygen atoms in total. The first kappa shape index (κ1) is 9.58. The van der Waals surface area contributed by atoms with E-state index in [1.807, 2.05) is 0 Å². The van der Waals surface area contributed by atoms with Gasteiger partial charge in [0.2, 0.25) is 0 Å². The number of allylic oxidation sites excluding steroid dienone is 3. The van der Waals surface area contributed by atoms with Crippen molar-refractivity contribution in [2.75, 3.05) is 7.11 Å². The quantitative estimate of drug-likeness (QED) is 0.704. The van der Waals surface area contributed by atoms with E-state index in [9.17, 15) is 9.90 Å². The molecule has 0 aliphatic heterocycles. The van der Waals surface area contributed by atoms with Crippen molar-refractivity contribution in [3.8, 4) is 0 Å². The van der Waals surface area contributed by atoms with Gasteiger partial charge in [0.1, 0.15) is 23.2 Å². The van der Waals surface area contributed by atoms with Gasteiger partial charge in [-0.25, -0.2) is 0 Å². The van der Waals surface area contributed by atoms with Gasteiger partial charge < -0.3 is 9.84 Å². The highest BCUT2D eigenvalue weighted by molar-refractivity contribution is 5.84. The molecule has 0 aromatic carbocycles. The van der Waals surface area contributed by atoms with E-state index in [2.05, 4.69) is 6.58 Å². The zero-order valence-electron chi connectivity index (χ0n) is 7.70. The highest BCUT2D eigenvalue weighted by Gasteiger charge is 2.27. The van der Waals surface area contributed by atoms with Crippen LogP contribution in [0.15, 0.2) is 35.8 Å². The third kappa shape index (κ3) is 1.80. The van der Waals surface area contributed by atoms with Crippen molar-refractivity contribution in [3.63, 3.8) is 0 Å². The molecule has 1 aliphatic carbocycles. The molecule has 1 aliphatic rings. The van der Waals surface area contributed by atoms with E-state index in [1.165, 1.54) is 20.1 Å². The number of ketones is 1. The monoisotopic (exact) mass is 180 g/mol. The summed E-state index contributed by atoms with van der Waals surface area (Å²) in [5.74, 6) is -0.362. The first-order valence-corrected chi connectivity index (χ1v) is 3.91. The molecule has 1 atom stereocenters. The first-order chi connectivity index (χ1) is 6.06. The van der Waals surface area contributed by atoms with Crippen molar-refractivity contribution >= 4 is 5.78 Å². The fraction of sp³-hybridized carbons (Fsp3) is 0.300. The maximum absolute atomic E-state index is 11.1. The van der Waals surface area contributed by atoms with Gasteiger partial charge in [0.05, 0.1) is 7.11 Å². The molecule has 0 saturated heterocycles. The summed E-state index contributed by atoms with van der Waals surface area (Å²) in [6, 6.07) is 0. The minimum Gasteiger partial charge on any atom is -0.511 e. The maximum atomic E-state index is 11.1. The first-order valence-electron chi connectivity index (χ1n) is 3.91. The lowest BCUT2D eigenvalue weighted by Gasteiger charge is -2.19. The molecule has 0 bridgehead atoms. The molecule has 0 saturated carbocycles. The topological polar surface area (TPSA) is 46.5 Å². The molecular weight excluding hydrogens is 168 g/mol. The fourth-order valence-electron chi connectivity index (χ4n) is 1.31. The summed E-state index contributed by atoms with van der Waals surface area (Å²) in [4.78, 5) is 11.1. The van der Waals surface area contributed by atoms with Crippen LogP contribution >= 0.6 is 0 Å². The minimum absolute atomic E-state index is 0.00292. The smallest absolute Gasteiger partial charge is 0.148 e. The molecule has 0 amide bonds. The van der Waals surface area contributed by atoms with Gasteiger partial charge in [-0.3, -0.25) is 4.79 Å². The van der Waals surface area contributed by atoms with E-state index in [1.54, 1.807) is 6.08 Å². The Labute approximate surface area is 77.0 Å². The zero-order chi connectivity index (χ0) is 10.0. The van der Waals surface area contributed by atoms with Crippen molar-refractivity contribution in [3.05, 3.63) is 35.8 Å². The van der Waals surface area contributed by atoms with E-state index < -0.39 is 5.92 Å². The Morgan fingerprint density at radius 1 is 1.62 bits per heavy atom. The number of hydrogen-bond acceptors (Lipinski definition) is 3. The number of carbonyl (C=O) groups excluding carboxylic acids is 1. The van der Waals surface area contributed by atoms with Crippen LogP contribution in [0.1, 0.15) is 6.92 Å². The molecule has 1 N–H and O–H groups in total. The molecule has 1 rings (SSSR count). The summed E-state index contributed by atoms with van der Waals surface area (Å²) in [6.45, 7) is 5.06. The number of carbonyl (C=O) groups is 1. The third-order valence-electron chi connectivity index (χ3n) is 1.88. The average Bonchev–Trinajstić information content (AvgIpc) is 2.01. The molecule has 0 radical (unpaired) electrons. The van der Waals surface area contributed by atoms with Crippen molar-refractivity contribution < 1.29 is 14.6 Å². The van der Waals surface area contributed by atoms with E-state index in [-0.39, 0.29) is 11.5 Å². The number of aliphatic hydroxyl groups is 1. The number of methoxy groups -OCH3 is 1. The summed E-state index contributed by atoms with van der Waals surface area (Å²) < 4.78 is 4.98. The van der Waals surface area contributed by atoms with Crippen molar-refractivity contribution in [1.82, 2.24) is 0 Å². The number of hydrogen-bond donors (Lipinski definition) is 1. The Morgan fingerprint density at radius 2 is 2.23 bits per heavy atom. The Kier molecular flexibility index (Phi) is 2.56. The molecule has 0 aromatic heterocycles. The van der Waals surface area contributed by atoms with Gasteiger partial charge in [0, 0.05) is 0 Å². The number of rotatable bonds is 2. The Hall–Kier alpha value is -1.51. The highest BCUT2D eigenvalue weighted by atomic mass is 16.5. The number of Topliss-reactive ketones (excluding diaryl/α,β-unsaturated/α-hetero) is 1. The molecule has 0 heterocycles. The number of aliphatic hydroxyl groups excluding tert-OH is 1. The molecule has 1 unspecified atom stereocenters. The Bertz CT molecular complexity index is 310. The van der Waals surface area contributed by atoms with E-state index in [0.29, 0.717) is 11.3 Å². The largest absolute Gasteiger partial charge is 0.511 e. The van der Waals surface area contributed by atoms with Gasteiger partial charge in [-0.15, -0.1) is 0 Å². The minimum atomic E-state index is -0.657. The van der Waals surface area contributed by atoms with Crippen LogP contribution in [0.25, 0.3) is 0 Å².